The first kappa shape index (κ1) is 21.8. The third kappa shape index (κ3) is 3.91. The average Bonchev–Trinajstić information content (AvgIpc) is 3.07. The number of allylic oxidation sites excluding steroid dienone is 2. The van der Waals surface area contributed by atoms with Crippen molar-refractivity contribution in [2.45, 2.75) is 19.9 Å². The normalized spacial score (nSPS) is 15.9. The molecule has 1 atom stereocenters. The number of rotatable bonds is 5. The average molecular weight is 448 g/mol. The molecule has 1 aliphatic rings. The standard InChI is InChI=1S/C25H25N3O3S/c1-15-22(16(2)29)23(18-8-12-20(31-5)13-9-18)28-24(30)21(32-25(28)26-15)14-17-6-10-19(11-7-17)27(3)4/h6-14,23H,1-5H3/b21-14-/t23-/m0/s1. The van der Waals surface area contributed by atoms with Gasteiger partial charge in [0.05, 0.1) is 17.7 Å². The van der Waals surface area contributed by atoms with Gasteiger partial charge >= 0.3 is 0 Å². The van der Waals surface area contributed by atoms with Crippen LogP contribution in [0.2, 0.25) is 0 Å². The Morgan fingerprint density at radius 2 is 1.78 bits per heavy atom. The fourth-order valence-electron chi connectivity index (χ4n) is 3.89. The third-order valence-electron chi connectivity index (χ3n) is 5.54. The van der Waals surface area contributed by atoms with Crippen LogP contribution < -0.4 is 24.5 Å². The molecular formula is C25H25N3O3S. The molecule has 1 aromatic heterocycles. The molecule has 2 heterocycles. The predicted octanol–water partition coefficient (Wildman–Crippen LogP) is 2.90. The molecule has 0 saturated heterocycles. The van der Waals surface area contributed by atoms with Gasteiger partial charge in [-0.3, -0.25) is 14.2 Å². The van der Waals surface area contributed by atoms with E-state index in [9.17, 15) is 9.59 Å². The van der Waals surface area contributed by atoms with E-state index in [1.807, 2.05) is 80.5 Å². The first-order valence-corrected chi connectivity index (χ1v) is 11.1. The van der Waals surface area contributed by atoms with Crippen LogP contribution in [0, 0.1) is 0 Å². The van der Waals surface area contributed by atoms with E-state index in [-0.39, 0.29) is 11.3 Å². The van der Waals surface area contributed by atoms with E-state index in [0.717, 1.165) is 16.8 Å². The largest absolute Gasteiger partial charge is 0.497 e. The monoisotopic (exact) mass is 447 g/mol. The van der Waals surface area contributed by atoms with Gasteiger partial charge in [-0.15, -0.1) is 0 Å². The Kier molecular flexibility index (Phi) is 5.84. The highest BCUT2D eigenvalue weighted by Gasteiger charge is 2.30. The van der Waals surface area contributed by atoms with E-state index in [0.29, 0.717) is 26.4 Å². The van der Waals surface area contributed by atoms with Crippen LogP contribution in [0.5, 0.6) is 5.75 Å². The number of anilines is 1. The quantitative estimate of drug-likeness (QED) is 0.603. The van der Waals surface area contributed by atoms with E-state index in [2.05, 4.69) is 4.99 Å². The molecule has 0 radical (unpaired) electrons. The SMILES string of the molecule is COc1ccc([C@H]2C(C(C)=O)=C(C)N=c3s/c(=C\c4ccc(N(C)C)cc4)c(=O)n32)cc1. The molecule has 2 aromatic carbocycles. The molecule has 1 aliphatic heterocycles. The zero-order valence-electron chi connectivity index (χ0n) is 18.7. The smallest absolute Gasteiger partial charge is 0.271 e. The molecule has 0 amide bonds. The van der Waals surface area contributed by atoms with Gasteiger partial charge < -0.3 is 9.64 Å². The van der Waals surface area contributed by atoms with Crippen molar-refractivity contribution in [1.82, 2.24) is 4.57 Å². The van der Waals surface area contributed by atoms with Gasteiger partial charge in [0.1, 0.15) is 5.75 Å². The van der Waals surface area contributed by atoms with Crippen LogP contribution in [0.15, 0.2) is 69.6 Å². The van der Waals surface area contributed by atoms with Gasteiger partial charge in [0.25, 0.3) is 5.56 Å². The summed E-state index contributed by atoms with van der Waals surface area (Å²) in [5.41, 5.74) is 3.88. The number of ether oxygens (including phenoxy) is 1. The van der Waals surface area contributed by atoms with Crippen molar-refractivity contribution in [1.29, 1.82) is 0 Å². The van der Waals surface area contributed by atoms with Crippen molar-refractivity contribution in [3.8, 4) is 5.75 Å². The third-order valence-corrected chi connectivity index (χ3v) is 6.52. The Labute approximate surface area is 190 Å². The minimum Gasteiger partial charge on any atom is -0.497 e. The number of Topliss-reactive ketones (excluding diaryl/α,β-unsaturated/α-hetero) is 1. The molecule has 32 heavy (non-hydrogen) atoms. The first-order valence-electron chi connectivity index (χ1n) is 10.2. The summed E-state index contributed by atoms with van der Waals surface area (Å²) in [7, 11) is 5.58. The molecular weight excluding hydrogens is 422 g/mol. The lowest BCUT2D eigenvalue weighted by molar-refractivity contribution is -0.114. The van der Waals surface area contributed by atoms with E-state index < -0.39 is 6.04 Å². The second-order valence-corrected chi connectivity index (χ2v) is 8.91. The highest BCUT2D eigenvalue weighted by atomic mass is 32.1. The molecule has 6 nitrogen and oxygen atoms in total. The van der Waals surface area contributed by atoms with E-state index in [1.165, 1.54) is 18.3 Å². The number of methoxy groups -OCH3 is 1. The van der Waals surface area contributed by atoms with Crippen LogP contribution in [-0.4, -0.2) is 31.6 Å². The number of fused-ring (bicyclic) bond motifs is 1. The lowest BCUT2D eigenvalue weighted by Crippen LogP contribution is -2.39. The molecule has 0 N–H and O–H groups in total. The van der Waals surface area contributed by atoms with Gasteiger partial charge in [-0.1, -0.05) is 35.6 Å². The molecule has 4 rings (SSSR count). The molecule has 0 saturated carbocycles. The lowest BCUT2D eigenvalue weighted by atomic mass is 9.93. The van der Waals surface area contributed by atoms with E-state index in [1.54, 1.807) is 11.7 Å². The summed E-state index contributed by atoms with van der Waals surface area (Å²) in [4.78, 5) is 33.3. The van der Waals surface area contributed by atoms with Crippen molar-refractivity contribution < 1.29 is 9.53 Å². The number of carbonyl (C=O) groups is 1. The number of ketones is 1. The molecule has 0 fully saturated rings. The zero-order chi connectivity index (χ0) is 23.0. The Balaban J connectivity index is 1.89. The highest BCUT2D eigenvalue weighted by molar-refractivity contribution is 7.07. The Bertz CT molecular complexity index is 1380. The first-order chi connectivity index (χ1) is 15.3. The second kappa shape index (κ2) is 8.59. The summed E-state index contributed by atoms with van der Waals surface area (Å²) >= 11 is 1.34. The molecule has 0 spiro atoms. The van der Waals surface area contributed by atoms with Gasteiger partial charge in [0, 0.05) is 31.1 Å². The van der Waals surface area contributed by atoms with Gasteiger partial charge in [-0.25, -0.2) is 4.99 Å². The number of nitrogens with zero attached hydrogens (tertiary/aromatic N) is 3. The summed E-state index contributed by atoms with van der Waals surface area (Å²) in [6.45, 7) is 3.34. The molecule has 0 bridgehead atoms. The highest BCUT2D eigenvalue weighted by Crippen LogP contribution is 2.31. The topological polar surface area (TPSA) is 63.9 Å². The fraction of sp³-hybridized carbons (Fsp3) is 0.240. The molecule has 0 aliphatic carbocycles. The summed E-state index contributed by atoms with van der Waals surface area (Å²) in [6, 6.07) is 14.9. The van der Waals surface area contributed by atoms with Crippen molar-refractivity contribution in [2.75, 3.05) is 26.1 Å². The Morgan fingerprint density at radius 1 is 1.12 bits per heavy atom. The minimum atomic E-state index is -0.520. The fourth-order valence-corrected chi connectivity index (χ4v) is 4.94. The predicted molar refractivity (Wildman–Crippen MR) is 128 cm³/mol. The van der Waals surface area contributed by atoms with E-state index >= 15 is 0 Å². The number of hydrogen-bond donors (Lipinski definition) is 0. The van der Waals surface area contributed by atoms with Crippen LogP contribution >= 0.6 is 11.3 Å². The minimum absolute atomic E-state index is 0.0966. The number of hydrogen-bond acceptors (Lipinski definition) is 6. The van der Waals surface area contributed by atoms with Crippen LogP contribution in [-0.2, 0) is 4.79 Å². The van der Waals surface area contributed by atoms with Crippen molar-refractivity contribution >= 4 is 28.9 Å². The Hall–Kier alpha value is -3.45. The Morgan fingerprint density at radius 3 is 2.34 bits per heavy atom. The van der Waals surface area contributed by atoms with Crippen LogP contribution in [0.3, 0.4) is 0 Å². The van der Waals surface area contributed by atoms with Gasteiger partial charge in [-0.2, -0.15) is 0 Å². The maximum Gasteiger partial charge on any atom is 0.271 e. The number of aromatic nitrogens is 1. The van der Waals surface area contributed by atoms with Crippen molar-refractivity contribution in [2.24, 2.45) is 4.99 Å². The van der Waals surface area contributed by atoms with Gasteiger partial charge in [0.15, 0.2) is 10.6 Å². The van der Waals surface area contributed by atoms with E-state index in [4.69, 9.17) is 4.74 Å². The van der Waals surface area contributed by atoms with Crippen LogP contribution in [0.25, 0.3) is 6.08 Å². The number of carbonyl (C=O) groups excluding carboxylic acids is 1. The van der Waals surface area contributed by atoms with Crippen molar-refractivity contribution in [3.63, 3.8) is 0 Å². The number of thiazole rings is 1. The lowest BCUT2D eigenvalue weighted by Gasteiger charge is -2.24. The van der Waals surface area contributed by atoms with Crippen molar-refractivity contribution in [3.05, 3.63) is 90.6 Å². The molecule has 164 valence electrons. The van der Waals surface area contributed by atoms with Gasteiger partial charge in [-0.05, 0) is 55.3 Å². The second-order valence-electron chi connectivity index (χ2n) is 7.90. The van der Waals surface area contributed by atoms with Gasteiger partial charge in [0.2, 0.25) is 0 Å². The van der Waals surface area contributed by atoms with Crippen LogP contribution in [0.1, 0.15) is 31.0 Å². The summed E-state index contributed by atoms with van der Waals surface area (Å²) in [6.07, 6.45) is 1.88. The number of benzene rings is 2. The van der Waals surface area contributed by atoms with Crippen LogP contribution in [0.4, 0.5) is 5.69 Å². The molecule has 3 aromatic rings. The summed E-state index contributed by atoms with van der Waals surface area (Å²) in [5.74, 6) is 0.619. The maximum absolute atomic E-state index is 13.5. The molecule has 0 unspecified atom stereocenters. The summed E-state index contributed by atoms with van der Waals surface area (Å²) < 4.78 is 7.48. The maximum atomic E-state index is 13.5. The summed E-state index contributed by atoms with van der Waals surface area (Å²) in [5, 5.41) is 0. The molecule has 7 heteroatoms. The zero-order valence-corrected chi connectivity index (χ0v) is 19.6.